The van der Waals surface area contributed by atoms with Crippen LogP contribution in [0.4, 0.5) is 13.2 Å². The molecule has 0 saturated heterocycles. The molecule has 2 unspecified atom stereocenters. The van der Waals surface area contributed by atoms with Gasteiger partial charge in [0.05, 0.1) is 30.6 Å². The standard InChI is InChI=1S/C31H34F3N5O3/c1-3-20(19-41-2)39(31(32,33)34)16-21-12-13-37-18-25(23-9-5-7-11-27(23)37)29-28(30(40)36-35-29)24-17-38(14-15-42-21)26-10-6-4-8-22(24)26/h4-11,17-18,20-21H,3,12-16,19H2,1-2H3,(H2,35,36,40). The molecule has 5 aromatic rings. The second-order valence-corrected chi connectivity index (χ2v) is 10.8. The van der Waals surface area contributed by atoms with Crippen LogP contribution >= 0.6 is 0 Å². The minimum absolute atomic E-state index is 0.0241. The first kappa shape index (κ1) is 28.3. The summed E-state index contributed by atoms with van der Waals surface area (Å²) in [5.41, 5.74) is 4.47. The molecule has 4 bridgehead atoms. The maximum absolute atomic E-state index is 14.3. The molecule has 42 heavy (non-hydrogen) atoms. The largest absolute Gasteiger partial charge is 0.460 e. The van der Waals surface area contributed by atoms with Gasteiger partial charge in [-0.2, -0.15) is 13.2 Å². The number of para-hydroxylation sites is 2. The lowest BCUT2D eigenvalue weighted by Gasteiger charge is -2.35. The first-order valence-electron chi connectivity index (χ1n) is 14.2. The van der Waals surface area contributed by atoms with Gasteiger partial charge in [-0.1, -0.05) is 43.3 Å². The summed E-state index contributed by atoms with van der Waals surface area (Å²) in [6.07, 6.45) is -0.658. The lowest BCUT2D eigenvalue weighted by Crippen LogP contribution is -2.51. The Morgan fingerprint density at radius 2 is 1.64 bits per heavy atom. The van der Waals surface area contributed by atoms with Crippen LogP contribution in [0.5, 0.6) is 0 Å². The van der Waals surface area contributed by atoms with Gasteiger partial charge in [0, 0.05) is 78.1 Å². The predicted molar refractivity (Wildman–Crippen MR) is 156 cm³/mol. The van der Waals surface area contributed by atoms with Crippen molar-refractivity contribution in [3.05, 3.63) is 71.3 Å². The number of benzene rings is 2. The fourth-order valence-corrected chi connectivity index (χ4v) is 6.21. The van der Waals surface area contributed by atoms with Gasteiger partial charge < -0.3 is 18.6 Å². The van der Waals surface area contributed by atoms with Crippen molar-refractivity contribution < 1.29 is 22.6 Å². The van der Waals surface area contributed by atoms with Crippen molar-refractivity contribution in [2.24, 2.45) is 0 Å². The molecule has 1 aliphatic rings. The molecule has 0 amide bonds. The van der Waals surface area contributed by atoms with Crippen LogP contribution in [0.15, 0.2) is 65.7 Å². The molecule has 6 rings (SSSR count). The van der Waals surface area contributed by atoms with Crippen LogP contribution in [0.1, 0.15) is 19.8 Å². The molecular formula is C31H34F3N5O3. The Balaban J connectivity index is 1.47. The van der Waals surface area contributed by atoms with Crippen molar-refractivity contribution in [1.82, 2.24) is 24.2 Å². The number of aromatic amines is 2. The number of H-pyrrole nitrogens is 2. The van der Waals surface area contributed by atoms with Gasteiger partial charge in [-0.05, 0) is 25.0 Å². The summed E-state index contributed by atoms with van der Waals surface area (Å²) < 4.78 is 58.3. The van der Waals surface area contributed by atoms with Crippen LogP contribution in [0.2, 0.25) is 0 Å². The number of aromatic nitrogens is 4. The minimum atomic E-state index is -4.53. The van der Waals surface area contributed by atoms with Crippen molar-refractivity contribution in [3.63, 3.8) is 0 Å². The Labute approximate surface area is 240 Å². The van der Waals surface area contributed by atoms with E-state index >= 15 is 0 Å². The summed E-state index contributed by atoms with van der Waals surface area (Å²) >= 11 is 0. The molecule has 2 N–H and O–H groups in total. The van der Waals surface area contributed by atoms with Crippen molar-refractivity contribution in [2.75, 3.05) is 26.9 Å². The molecule has 1 aliphatic heterocycles. The zero-order valence-corrected chi connectivity index (χ0v) is 23.6. The SMILES string of the molecule is CCC(COC)N(CC1CCn2cc(c3ccccc32)-c2[nH][nH]c(=O)c2-c2cn(c3ccccc23)CCO1)C(F)(F)F. The third kappa shape index (κ3) is 5.16. The summed E-state index contributed by atoms with van der Waals surface area (Å²) in [4.78, 5) is 13.8. The van der Waals surface area contributed by atoms with Gasteiger partial charge in [-0.3, -0.25) is 15.0 Å². The third-order valence-corrected chi connectivity index (χ3v) is 8.27. The van der Waals surface area contributed by atoms with Crippen LogP contribution in [-0.4, -0.2) is 69.5 Å². The summed E-state index contributed by atoms with van der Waals surface area (Å²) in [6.45, 7) is 2.48. The topological polar surface area (TPSA) is 80.2 Å². The third-order valence-electron chi connectivity index (χ3n) is 8.27. The van der Waals surface area contributed by atoms with E-state index in [1.807, 2.05) is 70.1 Å². The highest BCUT2D eigenvalue weighted by atomic mass is 19.4. The van der Waals surface area contributed by atoms with Gasteiger partial charge in [-0.15, -0.1) is 0 Å². The van der Waals surface area contributed by atoms with Crippen molar-refractivity contribution >= 4 is 21.8 Å². The number of aryl methyl sites for hydroxylation is 1. The number of rotatable bonds is 6. The van der Waals surface area contributed by atoms with Crippen LogP contribution in [0.25, 0.3) is 44.2 Å². The average Bonchev–Trinajstić information content (AvgIpc) is 3.65. The van der Waals surface area contributed by atoms with E-state index in [4.69, 9.17) is 9.47 Å². The van der Waals surface area contributed by atoms with E-state index in [0.29, 0.717) is 42.1 Å². The molecule has 0 fully saturated rings. The van der Waals surface area contributed by atoms with E-state index in [9.17, 15) is 18.0 Å². The fraction of sp³-hybridized carbons (Fsp3) is 0.387. The number of methoxy groups -OCH3 is 1. The first-order chi connectivity index (χ1) is 20.3. The lowest BCUT2D eigenvalue weighted by molar-refractivity contribution is -0.269. The first-order valence-corrected chi connectivity index (χ1v) is 14.2. The molecule has 0 spiro atoms. The molecule has 0 saturated carbocycles. The second-order valence-electron chi connectivity index (χ2n) is 10.8. The number of nitrogens with zero attached hydrogens (tertiary/aromatic N) is 3. The molecule has 3 aromatic heterocycles. The van der Waals surface area contributed by atoms with E-state index in [1.54, 1.807) is 6.92 Å². The Morgan fingerprint density at radius 1 is 1.00 bits per heavy atom. The molecule has 11 heteroatoms. The molecular weight excluding hydrogens is 547 g/mol. The molecule has 0 aliphatic carbocycles. The lowest BCUT2D eigenvalue weighted by atomic mass is 10.0. The van der Waals surface area contributed by atoms with Gasteiger partial charge in [0.15, 0.2) is 0 Å². The van der Waals surface area contributed by atoms with E-state index in [0.717, 1.165) is 32.9 Å². The zero-order valence-electron chi connectivity index (χ0n) is 23.6. The number of alkyl halides is 3. The van der Waals surface area contributed by atoms with Gasteiger partial charge in [-0.25, -0.2) is 4.90 Å². The highest BCUT2D eigenvalue weighted by Crippen LogP contribution is 2.38. The Hall–Kier alpha value is -3.80. The molecule has 8 nitrogen and oxygen atoms in total. The van der Waals surface area contributed by atoms with Crippen LogP contribution < -0.4 is 5.56 Å². The number of fused-ring (bicyclic) bond motifs is 13. The predicted octanol–water partition coefficient (Wildman–Crippen LogP) is 5.98. The number of hydrogen-bond acceptors (Lipinski definition) is 4. The van der Waals surface area contributed by atoms with E-state index < -0.39 is 18.4 Å². The van der Waals surface area contributed by atoms with Gasteiger partial charge >= 0.3 is 6.30 Å². The van der Waals surface area contributed by atoms with Crippen molar-refractivity contribution in [1.29, 1.82) is 0 Å². The number of hydrogen-bond donors (Lipinski definition) is 2. The Kier molecular flexibility index (Phi) is 7.73. The smallest absolute Gasteiger partial charge is 0.383 e. The van der Waals surface area contributed by atoms with Crippen LogP contribution in [-0.2, 0) is 22.6 Å². The van der Waals surface area contributed by atoms with Crippen LogP contribution in [0.3, 0.4) is 0 Å². The molecule has 4 heterocycles. The number of halogens is 3. The maximum Gasteiger partial charge on any atom is 0.460 e. The van der Waals surface area contributed by atoms with Crippen molar-refractivity contribution in [2.45, 2.75) is 51.3 Å². The van der Waals surface area contributed by atoms with E-state index in [-0.39, 0.29) is 25.3 Å². The number of nitrogens with one attached hydrogen (secondary N) is 2. The monoisotopic (exact) mass is 581 g/mol. The van der Waals surface area contributed by atoms with Gasteiger partial charge in [0.25, 0.3) is 5.56 Å². The summed E-state index contributed by atoms with van der Waals surface area (Å²) in [5, 5.41) is 7.74. The van der Waals surface area contributed by atoms with Crippen LogP contribution in [0, 0.1) is 0 Å². The van der Waals surface area contributed by atoms with E-state index in [2.05, 4.69) is 10.2 Å². The Morgan fingerprint density at radius 3 is 2.31 bits per heavy atom. The Bertz CT molecular complexity index is 1750. The van der Waals surface area contributed by atoms with Crippen molar-refractivity contribution in [3.8, 4) is 22.4 Å². The molecule has 2 aromatic carbocycles. The molecule has 2 atom stereocenters. The minimum Gasteiger partial charge on any atom is -0.383 e. The van der Waals surface area contributed by atoms with Gasteiger partial charge in [0.1, 0.15) is 0 Å². The molecule has 0 radical (unpaired) electrons. The summed E-state index contributed by atoms with van der Waals surface area (Å²) in [5.74, 6) is 0. The maximum atomic E-state index is 14.3. The second kappa shape index (κ2) is 11.5. The quantitative estimate of drug-likeness (QED) is 0.242. The van der Waals surface area contributed by atoms with E-state index in [1.165, 1.54) is 7.11 Å². The highest BCUT2D eigenvalue weighted by Gasteiger charge is 2.42. The van der Waals surface area contributed by atoms with Gasteiger partial charge in [0.2, 0.25) is 0 Å². The summed E-state index contributed by atoms with van der Waals surface area (Å²) in [7, 11) is 1.42. The average molecular weight is 582 g/mol. The summed E-state index contributed by atoms with van der Waals surface area (Å²) in [6, 6.07) is 14.8. The fourth-order valence-electron chi connectivity index (χ4n) is 6.21. The highest BCUT2D eigenvalue weighted by molar-refractivity contribution is 6.03. The molecule has 222 valence electrons. The zero-order chi connectivity index (χ0) is 29.4. The normalized spacial score (nSPS) is 17.0. The number of ether oxygens (including phenoxy) is 2.